The van der Waals surface area contributed by atoms with E-state index in [1.807, 2.05) is 12.1 Å². The van der Waals surface area contributed by atoms with Gasteiger partial charge in [0, 0.05) is 10.6 Å². The average Bonchev–Trinajstić information content (AvgIpc) is 3.39. The summed E-state index contributed by atoms with van der Waals surface area (Å²) in [5.41, 5.74) is 0.687. The van der Waals surface area contributed by atoms with Crippen LogP contribution in [0.2, 0.25) is 0 Å². The molecule has 0 bridgehead atoms. The van der Waals surface area contributed by atoms with Crippen LogP contribution in [0.15, 0.2) is 113 Å². The van der Waals surface area contributed by atoms with Gasteiger partial charge in [0.25, 0.3) is 11.8 Å². The van der Waals surface area contributed by atoms with E-state index in [1.165, 1.54) is 16.8 Å². The maximum Gasteiger partial charge on any atom is 0.336 e. The van der Waals surface area contributed by atoms with Crippen LogP contribution < -0.4 is 15.6 Å². The number of hydrazone groups is 1. The van der Waals surface area contributed by atoms with E-state index in [9.17, 15) is 34.2 Å². The highest BCUT2D eigenvalue weighted by molar-refractivity contribution is 8.00. The lowest BCUT2D eigenvalue weighted by atomic mass is 10.0. The highest BCUT2D eigenvalue weighted by Gasteiger charge is 2.29. The highest BCUT2D eigenvalue weighted by atomic mass is 32.2. The number of anilines is 2. The molecule has 12 heteroatoms. The number of hydrogen-bond acceptors (Lipinski definition) is 7. The van der Waals surface area contributed by atoms with Crippen LogP contribution in [-0.4, -0.2) is 45.7 Å². The molecule has 44 heavy (non-hydrogen) atoms. The zero-order chi connectivity index (χ0) is 31.2. The van der Waals surface area contributed by atoms with Gasteiger partial charge in [-0.15, -0.1) is 11.8 Å². The molecule has 1 aliphatic rings. The molecule has 5 rings (SSSR count). The van der Waals surface area contributed by atoms with E-state index in [0.717, 1.165) is 18.2 Å². The summed E-state index contributed by atoms with van der Waals surface area (Å²) in [6.45, 7) is 0. The summed E-state index contributed by atoms with van der Waals surface area (Å²) in [4.78, 5) is 62.7. The zero-order valence-corrected chi connectivity index (χ0v) is 23.7. The first-order valence-electron chi connectivity index (χ1n) is 13.2. The molecule has 220 valence electrons. The number of carbonyl (C=O) groups excluding carboxylic acids is 3. The Kier molecular flexibility index (Phi) is 8.82. The topological polar surface area (TPSA) is 165 Å². The quantitative estimate of drug-likeness (QED) is 0.192. The van der Waals surface area contributed by atoms with Gasteiger partial charge in [-0.2, -0.15) is 10.1 Å². The summed E-state index contributed by atoms with van der Waals surface area (Å²) in [6, 6.07) is 27.8. The van der Waals surface area contributed by atoms with Crippen molar-refractivity contribution in [1.82, 2.24) is 5.32 Å². The SMILES string of the molecule is O=C(O)c1ccc(C(=O)Nc2cccc(SC(C(=O)NC3=NN(c4ccccc4)C(=O)C3)c3ccccc3)c2)c(C(=O)O)c1. The number of carbonyl (C=O) groups is 5. The summed E-state index contributed by atoms with van der Waals surface area (Å²) in [5.74, 6) is -3.97. The first kappa shape index (κ1) is 29.7. The Balaban J connectivity index is 1.35. The van der Waals surface area contributed by atoms with E-state index in [2.05, 4.69) is 15.7 Å². The van der Waals surface area contributed by atoms with E-state index >= 15 is 0 Å². The minimum Gasteiger partial charge on any atom is -0.478 e. The third kappa shape index (κ3) is 6.82. The second-order valence-electron chi connectivity index (χ2n) is 9.52. The number of hydrogen-bond donors (Lipinski definition) is 4. The fourth-order valence-corrected chi connectivity index (χ4v) is 5.50. The number of rotatable bonds is 9. The summed E-state index contributed by atoms with van der Waals surface area (Å²) in [5, 5.41) is 28.9. The lowest BCUT2D eigenvalue weighted by molar-refractivity contribution is -0.119. The van der Waals surface area contributed by atoms with E-state index in [-0.39, 0.29) is 29.3 Å². The molecule has 0 radical (unpaired) electrons. The second-order valence-corrected chi connectivity index (χ2v) is 10.7. The van der Waals surface area contributed by atoms with Gasteiger partial charge in [0.1, 0.15) is 11.1 Å². The molecule has 4 N–H and O–H groups in total. The van der Waals surface area contributed by atoms with Gasteiger partial charge in [-0.3, -0.25) is 14.4 Å². The molecule has 0 aromatic heterocycles. The van der Waals surface area contributed by atoms with E-state index in [0.29, 0.717) is 21.8 Å². The van der Waals surface area contributed by atoms with Crippen molar-refractivity contribution in [1.29, 1.82) is 0 Å². The van der Waals surface area contributed by atoms with Crippen molar-refractivity contribution >= 4 is 58.6 Å². The molecule has 3 amide bonds. The minimum absolute atomic E-state index is 0.0693. The Morgan fingerprint density at radius 3 is 2.16 bits per heavy atom. The van der Waals surface area contributed by atoms with Gasteiger partial charge in [0.05, 0.1) is 28.8 Å². The number of benzene rings is 4. The Labute approximate surface area is 255 Å². The lowest BCUT2D eigenvalue weighted by Crippen LogP contribution is -2.33. The molecule has 0 aliphatic carbocycles. The van der Waals surface area contributed by atoms with Gasteiger partial charge in [0.2, 0.25) is 5.91 Å². The fourth-order valence-electron chi connectivity index (χ4n) is 4.41. The Morgan fingerprint density at radius 1 is 0.773 bits per heavy atom. The number of thioether (sulfide) groups is 1. The molecule has 0 saturated carbocycles. The van der Waals surface area contributed by atoms with Crippen LogP contribution in [0.1, 0.15) is 48.3 Å². The molecular weight excluding hydrogens is 584 g/mol. The first-order valence-corrected chi connectivity index (χ1v) is 14.1. The Morgan fingerprint density at radius 2 is 1.48 bits per heavy atom. The molecule has 1 atom stereocenters. The van der Waals surface area contributed by atoms with Crippen molar-refractivity contribution in [3.63, 3.8) is 0 Å². The van der Waals surface area contributed by atoms with Crippen LogP contribution in [0.3, 0.4) is 0 Å². The maximum absolute atomic E-state index is 13.6. The third-order valence-corrected chi connectivity index (χ3v) is 7.72. The number of amides is 3. The van der Waals surface area contributed by atoms with Crippen molar-refractivity contribution < 1.29 is 34.2 Å². The van der Waals surface area contributed by atoms with Crippen molar-refractivity contribution in [2.24, 2.45) is 5.10 Å². The number of nitrogens with zero attached hydrogens (tertiary/aromatic N) is 2. The molecule has 0 fully saturated rings. The second kappa shape index (κ2) is 13.0. The molecule has 0 saturated heterocycles. The molecule has 1 aliphatic heterocycles. The molecule has 1 heterocycles. The molecule has 4 aromatic carbocycles. The molecule has 4 aromatic rings. The normalized spacial score (nSPS) is 13.1. The number of carboxylic acids is 2. The van der Waals surface area contributed by atoms with Gasteiger partial charge in [0.15, 0.2) is 0 Å². The van der Waals surface area contributed by atoms with Gasteiger partial charge < -0.3 is 20.8 Å². The van der Waals surface area contributed by atoms with Crippen LogP contribution in [0.4, 0.5) is 11.4 Å². The van der Waals surface area contributed by atoms with Gasteiger partial charge >= 0.3 is 11.9 Å². The lowest BCUT2D eigenvalue weighted by Gasteiger charge is -2.17. The van der Waals surface area contributed by atoms with E-state index in [1.54, 1.807) is 72.8 Å². The van der Waals surface area contributed by atoms with Crippen molar-refractivity contribution in [3.05, 3.63) is 125 Å². The zero-order valence-electron chi connectivity index (χ0n) is 22.8. The highest BCUT2D eigenvalue weighted by Crippen LogP contribution is 2.37. The maximum atomic E-state index is 13.6. The number of aromatic carboxylic acids is 2. The Bertz CT molecular complexity index is 1800. The summed E-state index contributed by atoms with van der Waals surface area (Å²) in [7, 11) is 0. The first-order chi connectivity index (χ1) is 21.2. The molecule has 0 spiro atoms. The summed E-state index contributed by atoms with van der Waals surface area (Å²) in [6.07, 6.45) is -0.0693. The van der Waals surface area contributed by atoms with Crippen LogP contribution in [0, 0.1) is 0 Å². The third-order valence-electron chi connectivity index (χ3n) is 6.47. The minimum atomic E-state index is -1.44. The molecule has 1 unspecified atom stereocenters. The standard InChI is InChI=1S/C32H24N4O7S/c37-27-18-26(35-36(27)22-11-5-2-6-12-22)34-30(39)28(19-8-3-1-4-9-19)44-23-13-7-10-21(17-23)33-29(38)24-15-14-20(31(40)41)16-25(24)32(42)43/h1-17,28H,18H2,(H,33,38)(H,40,41)(H,42,43)(H,34,35,39). The van der Waals surface area contributed by atoms with Crippen molar-refractivity contribution in [3.8, 4) is 0 Å². The number of amidine groups is 1. The predicted octanol–water partition coefficient (Wildman–Crippen LogP) is 5.04. The Hall–Kier alpha value is -5.75. The summed E-state index contributed by atoms with van der Waals surface area (Å²) >= 11 is 1.21. The van der Waals surface area contributed by atoms with Crippen molar-refractivity contribution in [2.45, 2.75) is 16.6 Å². The monoisotopic (exact) mass is 608 g/mol. The van der Waals surface area contributed by atoms with E-state index < -0.39 is 34.6 Å². The molecular formula is C32H24N4O7S. The van der Waals surface area contributed by atoms with Crippen molar-refractivity contribution in [2.75, 3.05) is 10.3 Å². The molecule has 11 nitrogen and oxygen atoms in total. The van der Waals surface area contributed by atoms with Crippen LogP contribution in [-0.2, 0) is 9.59 Å². The smallest absolute Gasteiger partial charge is 0.336 e. The van der Waals surface area contributed by atoms with E-state index in [4.69, 9.17) is 0 Å². The van der Waals surface area contributed by atoms with Gasteiger partial charge in [-0.05, 0) is 54.1 Å². The average molecular weight is 609 g/mol. The van der Waals surface area contributed by atoms with Crippen LogP contribution in [0.25, 0.3) is 0 Å². The largest absolute Gasteiger partial charge is 0.478 e. The number of nitrogens with one attached hydrogen (secondary N) is 2. The van der Waals surface area contributed by atoms with Gasteiger partial charge in [-0.1, -0.05) is 54.6 Å². The van der Waals surface area contributed by atoms with Crippen LogP contribution in [0.5, 0.6) is 0 Å². The van der Waals surface area contributed by atoms with Gasteiger partial charge in [-0.25, -0.2) is 9.59 Å². The fraction of sp³-hybridized carbons (Fsp3) is 0.0625. The number of carboxylic acid groups (broad SMARTS) is 2. The van der Waals surface area contributed by atoms with Crippen LogP contribution >= 0.6 is 11.8 Å². The summed E-state index contributed by atoms with van der Waals surface area (Å²) < 4.78 is 0. The predicted molar refractivity (Wildman–Crippen MR) is 164 cm³/mol. The number of para-hydroxylation sites is 1.